The highest BCUT2D eigenvalue weighted by Gasteiger charge is 2.59. The zero-order chi connectivity index (χ0) is 20.1. The SMILES string of the molecule is CC1(C)[C@H]2Cc3cc4oc(C5CC5)nc4cc3[C@]1(C)CCN2C(=O)C(F)(F)F. The molecule has 4 nitrogen and oxygen atoms in total. The van der Waals surface area contributed by atoms with Crippen LogP contribution in [0.15, 0.2) is 16.5 Å². The Morgan fingerprint density at radius 1 is 1.25 bits per heavy atom. The minimum Gasteiger partial charge on any atom is -0.440 e. The molecule has 2 atom stereocenters. The summed E-state index contributed by atoms with van der Waals surface area (Å²) in [6, 6.07) is 3.50. The topological polar surface area (TPSA) is 46.3 Å². The summed E-state index contributed by atoms with van der Waals surface area (Å²) in [5, 5.41) is 0. The second-order valence-corrected chi connectivity index (χ2v) is 9.32. The second-order valence-electron chi connectivity index (χ2n) is 9.32. The molecular weight excluding hydrogens is 369 g/mol. The van der Waals surface area contributed by atoms with E-state index in [0.717, 1.165) is 40.3 Å². The van der Waals surface area contributed by atoms with Crippen molar-refractivity contribution >= 4 is 17.0 Å². The van der Waals surface area contributed by atoms with Crippen LogP contribution in [0.25, 0.3) is 11.1 Å². The van der Waals surface area contributed by atoms with Crippen LogP contribution in [0.1, 0.15) is 63.0 Å². The van der Waals surface area contributed by atoms with Gasteiger partial charge < -0.3 is 9.32 Å². The number of carbonyl (C=O) groups excluding carboxylic acids is 1. The number of amides is 1. The van der Waals surface area contributed by atoms with Gasteiger partial charge in [-0.25, -0.2) is 4.98 Å². The first-order valence-corrected chi connectivity index (χ1v) is 9.84. The van der Waals surface area contributed by atoms with Gasteiger partial charge in [0.2, 0.25) is 0 Å². The lowest BCUT2D eigenvalue weighted by Gasteiger charge is -2.60. The summed E-state index contributed by atoms with van der Waals surface area (Å²) in [6.45, 7) is 6.20. The molecule has 1 aliphatic heterocycles. The fraction of sp³-hybridized carbons (Fsp3) is 0.619. The van der Waals surface area contributed by atoms with Crippen LogP contribution in [-0.2, 0) is 16.6 Å². The van der Waals surface area contributed by atoms with E-state index >= 15 is 0 Å². The molecular formula is C21H23F3N2O2. The minimum absolute atomic E-state index is 0.118. The van der Waals surface area contributed by atoms with Crippen LogP contribution in [0.4, 0.5) is 13.2 Å². The van der Waals surface area contributed by atoms with Crippen LogP contribution >= 0.6 is 0 Å². The smallest absolute Gasteiger partial charge is 0.440 e. The number of hydrogen-bond donors (Lipinski definition) is 0. The Balaban J connectivity index is 1.63. The van der Waals surface area contributed by atoms with Gasteiger partial charge in [-0.05, 0) is 54.4 Å². The van der Waals surface area contributed by atoms with Gasteiger partial charge in [-0.15, -0.1) is 0 Å². The first kappa shape index (κ1) is 18.0. The summed E-state index contributed by atoms with van der Waals surface area (Å²) in [5.74, 6) is -0.568. The molecule has 0 unspecified atom stereocenters. The molecule has 2 heterocycles. The third kappa shape index (κ3) is 2.31. The van der Waals surface area contributed by atoms with Gasteiger partial charge in [0.1, 0.15) is 5.52 Å². The van der Waals surface area contributed by atoms with E-state index < -0.39 is 23.5 Å². The molecule has 0 N–H and O–H groups in total. The highest BCUT2D eigenvalue weighted by atomic mass is 19.4. The summed E-state index contributed by atoms with van der Waals surface area (Å²) in [7, 11) is 0. The molecule has 1 aromatic carbocycles. The number of benzene rings is 1. The Kier molecular flexibility index (Phi) is 3.41. The number of carbonyl (C=O) groups is 1. The maximum atomic E-state index is 13.2. The number of oxazole rings is 1. The van der Waals surface area contributed by atoms with Gasteiger partial charge in [0, 0.05) is 23.9 Å². The molecule has 1 aromatic heterocycles. The molecule has 2 aliphatic carbocycles. The average molecular weight is 392 g/mol. The number of nitrogens with zero attached hydrogens (tertiary/aromatic N) is 2. The Morgan fingerprint density at radius 3 is 2.61 bits per heavy atom. The Bertz CT molecular complexity index is 989. The minimum atomic E-state index is -4.85. The second kappa shape index (κ2) is 5.30. The molecule has 7 heteroatoms. The molecule has 2 fully saturated rings. The van der Waals surface area contributed by atoms with E-state index in [1.807, 2.05) is 19.9 Å². The third-order valence-corrected chi connectivity index (χ3v) is 7.55. The van der Waals surface area contributed by atoms with Crippen molar-refractivity contribution in [3.05, 3.63) is 29.2 Å². The number of aromatic nitrogens is 1. The summed E-state index contributed by atoms with van der Waals surface area (Å²) in [5.41, 5.74) is 2.80. The van der Waals surface area contributed by atoms with E-state index in [4.69, 9.17) is 4.42 Å². The summed E-state index contributed by atoms with van der Waals surface area (Å²) in [6.07, 6.45) is -1.78. The van der Waals surface area contributed by atoms with Crippen molar-refractivity contribution in [2.45, 2.75) is 70.0 Å². The Hall–Kier alpha value is -2.05. The van der Waals surface area contributed by atoms with E-state index in [9.17, 15) is 18.0 Å². The number of alkyl halides is 3. The zero-order valence-electron chi connectivity index (χ0n) is 16.2. The predicted molar refractivity (Wildman–Crippen MR) is 97.0 cm³/mol. The highest BCUT2D eigenvalue weighted by Crippen LogP contribution is 2.57. The maximum absolute atomic E-state index is 13.2. The van der Waals surface area contributed by atoms with Gasteiger partial charge in [0.15, 0.2) is 11.5 Å². The molecule has 1 saturated carbocycles. The van der Waals surface area contributed by atoms with Crippen LogP contribution in [0, 0.1) is 5.41 Å². The van der Waals surface area contributed by atoms with Crippen molar-refractivity contribution in [2.24, 2.45) is 5.41 Å². The number of halogens is 3. The quantitative estimate of drug-likeness (QED) is 0.706. The fourth-order valence-corrected chi connectivity index (χ4v) is 5.26. The van der Waals surface area contributed by atoms with Crippen LogP contribution in [0.5, 0.6) is 0 Å². The van der Waals surface area contributed by atoms with Gasteiger partial charge in [0.25, 0.3) is 0 Å². The average Bonchev–Trinajstić information content (AvgIpc) is 3.36. The van der Waals surface area contributed by atoms with Crippen LogP contribution in [0.3, 0.4) is 0 Å². The first-order valence-electron chi connectivity index (χ1n) is 9.84. The summed E-state index contributed by atoms with van der Waals surface area (Å²) < 4.78 is 45.5. The molecule has 5 rings (SSSR count). The van der Waals surface area contributed by atoms with Crippen molar-refractivity contribution in [1.29, 1.82) is 0 Å². The van der Waals surface area contributed by atoms with Crippen molar-refractivity contribution in [2.75, 3.05) is 6.54 Å². The highest BCUT2D eigenvalue weighted by molar-refractivity contribution is 5.83. The lowest BCUT2D eigenvalue weighted by Crippen LogP contribution is -2.66. The number of fused-ring (bicyclic) bond motifs is 5. The van der Waals surface area contributed by atoms with E-state index in [0.29, 0.717) is 24.3 Å². The lowest BCUT2D eigenvalue weighted by atomic mass is 9.51. The van der Waals surface area contributed by atoms with Crippen molar-refractivity contribution in [1.82, 2.24) is 9.88 Å². The summed E-state index contributed by atoms with van der Waals surface area (Å²) >= 11 is 0. The first-order chi connectivity index (χ1) is 13.0. The molecule has 28 heavy (non-hydrogen) atoms. The molecule has 150 valence electrons. The van der Waals surface area contributed by atoms with Crippen LogP contribution in [0.2, 0.25) is 0 Å². The number of hydrogen-bond acceptors (Lipinski definition) is 3. The van der Waals surface area contributed by atoms with Crippen LogP contribution < -0.4 is 0 Å². The predicted octanol–water partition coefficient (Wildman–Crippen LogP) is 4.71. The molecule has 0 spiro atoms. The monoisotopic (exact) mass is 392 g/mol. The molecule has 3 aliphatic rings. The van der Waals surface area contributed by atoms with E-state index in [-0.39, 0.29) is 12.0 Å². The van der Waals surface area contributed by atoms with Crippen molar-refractivity contribution in [3.8, 4) is 0 Å². The van der Waals surface area contributed by atoms with E-state index in [2.05, 4.69) is 18.0 Å². The molecule has 1 amide bonds. The third-order valence-electron chi connectivity index (χ3n) is 7.55. The Morgan fingerprint density at radius 2 is 1.96 bits per heavy atom. The van der Waals surface area contributed by atoms with E-state index in [1.54, 1.807) is 0 Å². The summed E-state index contributed by atoms with van der Waals surface area (Å²) in [4.78, 5) is 17.8. The molecule has 2 bridgehead atoms. The maximum Gasteiger partial charge on any atom is 0.471 e. The molecule has 0 radical (unpaired) electrons. The molecule has 2 aromatic rings. The zero-order valence-corrected chi connectivity index (χ0v) is 16.2. The normalized spacial score (nSPS) is 29.1. The largest absolute Gasteiger partial charge is 0.471 e. The number of piperidine rings is 1. The van der Waals surface area contributed by atoms with Crippen molar-refractivity contribution < 1.29 is 22.4 Å². The Labute approximate surface area is 161 Å². The van der Waals surface area contributed by atoms with E-state index in [1.165, 1.54) is 0 Å². The van der Waals surface area contributed by atoms with Gasteiger partial charge in [-0.2, -0.15) is 13.2 Å². The van der Waals surface area contributed by atoms with Crippen LogP contribution in [-0.4, -0.2) is 34.6 Å². The number of likely N-dealkylation sites (tertiary alicyclic amines) is 1. The lowest BCUT2D eigenvalue weighted by molar-refractivity contribution is -0.195. The van der Waals surface area contributed by atoms with Gasteiger partial charge >= 0.3 is 12.1 Å². The van der Waals surface area contributed by atoms with Crippen molar-refractivity contribution in [3.63, 3.8) is 0 Å². The van der Waals surface area contributed by atoms with Gasteiger partial charge in [0.05, 0.1) is 0 Å². The van der Waals surface area contributed by atoms with Gasteiger partial charge in [-0.3, -0.25) is 4.79 Å². The van der Waals surface area contributed by atoms with Gasteiger partial charge in [-0.1, -0.05) is 20.8 Å². The standard InChI is InChI=1S/C21H23F3N2O2/c1-19(2)16-9-12-8-15-14(25-17(28-15)11-4-5-11)10-13(12)20(19,3)6-7-26(16)18(27)21(22,23)24/h8,10-11,16H,4-7,9H2,1-3H3/t16-,20+/m1/s1. The number of rotatable bonds is 1. The fourth-order valence-electron chi connectivity index (χ4n) is 5.26. The molecule has 1 saturated heterocycles.